The molecule has 0 aliphatic heterocycles. The molecule has 1 aromatic carbocycles. The molecule has 1 amide bonds. The number of benzene rings is 1. The highest BCUT2D eigenvalue weighted by atomic mass is 19.4. The van der Waals surface area contributed by atoms with E-state index in [4.69, 9.17) is 0 Å². The van der Waals surface area contributed by atoms with Gasteiger partial charge in [0.25, 0.3) is 11.5 Å². The molecule has 1 fully saturated rings. The Kier molecular flexibility index (Phi) is 5.59. The Bertz CT molecular complexity index is 1200. The maximum absolute atomic E-state index is 13.0. The highest BCUT2D eigenvalue weighted by Crippen LogP contribution is 2.30. The Morgan fingerprint density at radius 2 is 1.94 bits per heavy atom. The van der Waals surface area contributed by atoms with Gasteiger partial charge in [-0.1, -0.05) is 12.1 Å². The van der Waals surface area contributed by atoms with Gasteiger partial charge in [-0.05, 0) is 37.5 Å². The molecule has 0 bridgehead atoms. The van der Waals surface area contributed by atoms with Crippen LogP contribution in [0.2, 0.25) is 0 Å². The van der Waals surface area contributed by atoms with Gasteiger partial charge in [-0.3, -0.25) is 14.3 Å². The molecule has 2 N–H and O–H groups in total. The van der Waals surface area contributed by atoms with Gasteiger partial charge in [0, 0.05) is 12.6 Å². The number of rotatable bonds is 4. The fourth-order valence-corrected chi connectivity index (χ4v) is 3.68. The highest BCUT2D eigenvalue weighted by molar-refractivity contribution is 5.95. The molecular weight excluding hydrogens is 427 g/mol. The molecule has 11 heteroatoms. The molecule has 4 rings (SSSR count). The van der Waals surface area contributed by atoms with Crippen molar-refractivity contribution in [2.24, 2.45) is 7.05 Å². The van der Waals surface area contributed by atoms with Gasteiger partial charge >= 0.3 is 6.18 Å². The average molecular weight is 447 g/mol. The van der Waals surface area contributed by atoms with E-state index in [1.807, 2.05) is 0 Å². The summed E-state index contributed by atoms with van der Waals surface area (Å²) in [6.07, 6.45) is -0.401. The number of aryl methyl sites for hydroxylation is 1. The Labute approximate surface area is 180 Å². The summed E-state index contributed by atoms with van der Waals surface area (Å²) in [5, 5.41) is 20.9. The number of nitrogens with zero attached hydrogens (tertiary/aromatic N) is 4. The monoisotopic (exact) mass is 447 g/mol. The molecule has 2 heterocycles. The van der Waals surface area contributed by atoms with Crippen LogP contribution >= 0.6 is 0 Å². The number of amides is 1. The van der Waals surface area contributed by atoms with Crippen molar-refractivity contribution in [2.45, 2.75) is 37.6 Å². The lowest BCUT2D eigenvalue weighted by molar-refractivity contribution is -0.137. The summed E-state index contributed by atoms with van der Waals surface area (Å²) in [6.45, 7) is 0. The molecule has 2 aromatic heterocycles. The number of carbonyl (C=O) groups excluding carboxylic acids is 1. The minimum Gasteiger partial charge on any atom is -0.391 e. The van der Waals surface area contributed by atoms with Crippen molar-refractivity contribution in [3.63, 3.8) is 0 Å². The third kappa shape index (κ3) is 4.28. The molecule has 0 unspecified atom stereocenters. The first kappa shape index (κ1) is 21.8. The quantitative estimate of drug-likeness (QED) is 0.639. The van der Waals surface area contributed by atoms with Crippen LogP contribution in [0.25, 0.3) is 16.9 Å². The van der Waals surface area contributed by atoms with E-state index in [0.717, 1.165) is 23.2 Å². The number of hydrogen-bond donors (Lipinski definition) is 2. The van der Waals surface area contributed by atoms with Gasteiger partial charge in [-0.25, -0.2) is 0 Å². The van der Waals surface area contributed by atoms with Crippen LogP contribution in [0.4, 0.5) is 13.2 Å². The van der Waals surface area contributed by atoms with Crippen LogP contribution in [0.3, 0.4) is 0 Å². The molecule has 168 valence electrons. The number of hydrogen-bond acceptors (Lipinski definition) is 5. The van der Waals surface area contributed by atoms with Gasteiger partial charge in [-0.15, -0.1) is 0 Å². The van der Waals surface area contributed by atoms with Crippen molar-refractivity contribution in [1.82, 2.24) is 24.9 Å². The van der Waals surface area contributed by atoms with E-state index in [1.54, 1.807) is 7.05 Å². The number of aliphatic hydroxyl groups excluding tert-OH is 1. The average Bonchev–Trinajstić information content (AvgIpc) is 3.35. The highest BCUT2D eigenvalue weighted by Gasteiger charge is 2.31. The lowest BCUT2D eigenvalue weighted by Gasteiger charge is -2.17. The van der Waals surface area contributed by atoms with Crippen molar-refractivity contribution >= 4 is 5.91 Å². The second-order valence-electron chi connectivity index (χ2n) is 7.69. The fourth-order valence-electron chi connectivity index (χ4n) is 3.68. The van der Waals surface area contributed by atoms with Gasteiger partial charge < -0.3 is 10.4 Å². The van der Waals surface area contributed by atoms with Crippen LogP contribution in [0.1, 0.15) is 35.2 Å². The van der Waals surface area contributed by atoms with Crippen molar-refractivity contribution in [2.75, 3.05) is 0 Å². The summed E-state index contributed by atoms with van der Waals surface area (Å²) < 4.78 is 41.2. The second-order valence-corrected chi connectivity index (χ2v) is 7.69. The maximum Gasteiger partial charge on any atom is 0.416 e. The lowest BCUT2D eigenvalue weighted by Crippen LogP contribution is -2.42. The lowest BCUT2D eigenvalue weighted by atomic mass is 10.1. The minimum atomic E-state index is -4.49. The van der Waals surface area contributed by atoms with Crippen molar-refractivity contribution in [3.8, 4) is 16.9 Å². The first-order chi connectivity index (χ1) is 15.1. The fraction of sp³-hybridized carbons (Fsp3) is 0.333. The van der Waals surface area contributed by atoms with Crippen molar-refractivity contribution < 1.29 is 23.1 Å². The molecule has 0 spiro atoms. The zero-order valence-electron chi connectivity index (χ0n) is 17.0. The summed E-state index contributed by atoms with van der Waals surface area (Å²) in [6, 6.07) is 5.04. The number of carbonyl (C=O) groups is 1. The predicted octanol–water partition coefficient (Wildman–Crippen LogP) is 2.29. The van der Waals surface area contributed by atoms with Crippen LogP contribution in [0.5, 0.6) is 0 Å². The van der Waals surface area contributed by atoms with E-state index in [0.29, 0.717) is 24.1 Å². The van der Waals surface area contributed by atoms with Gasteiger partial charge in [0.1, 0.15) is 11.3 Å². The summed E-state index contributed by atoms with van der Waals surface area (Å²) in [4.78, 5) is 25.9. The van der Waals surface area contributed by atoms with Crippen LogP contribution in [0.15, 0.2) is 47.5 Å². The summed E-state index contributed by atoms with van der Waals surface area (Å²) in [5.41, 5.74) is -1.04. The summed E-state index contributed by atoms with van der Waals surface area (Å²) in [7, 11) is 1.64. The van der Waals surface area contributed by atoms with E-state index in [-0.39, 0.29) is 11.3 Å². The third-order valence-electron chi connectivity index (χ3n) is 5.40. The van der Waals surface area contributed by atoms with E-state index in [9.17, 15) is 27.9 Å². The topological polar surface area (TPSA) is 102 Å². The number of halogens is 3. The van der Waals surface area contributed by atoms with Gasteiger partial charge in [-0.2, -0.15) is 28.1 Å². The molecule has 2 atom stereocenters. The Balaban J connectivity index is 1.79. The Morgan fingerprint density at radius 3 is 2.50 bits per heavy atom. The Morgan fingerprint density at radius 1 is 1.22 bits per heavy atom. The minimum absolute atomic E-state index is 0.138. The van der Waals surface area contributed by atoms with E-state index < -0.39 is 35.4 Å². The SMILES string of the molecule is Cn1cc(-n2nc(-c3ccc(C(F)(F)F)cc3)cc(C(=O)N[C@@H]3CCC[C@H]3O)c2=O)cn1. The molecule has 3 aromatic rings. The molecule has 1 saturated carbocycles. The maximum atomic E-state index is 13.0. The molecular formula is C21H20F3N5O3. The summed E-state index contributed by atoms with van der Waals surface area (Å²) in [5.74, 6) is -0.686. The molecule has 32 heavy (non-hydrogen) atoms. The zero-order chi connectivity index (χ0) is 23.0. The van der Waals surface area contributed by atoms with E-state index >= 15 is 0 Å². The largest absolute Gasteiger partial charge is 0.416 e. The van der Waals surface area contributed by atoms with E-state index in [2.05, 4.69) is 15.5 Å². The van der Waals surface area contributed by atoms with Crippen LogP contribution in [-0.4, -0.2) is 42.7 Å². The standard InChI is InChI=1S/C21H20F3N5O3/c1-28-11-14(10-25-28)29-20(32)15(19(31)26-16-3-2-4-18(16)30)9-17(27-29)12-5-7-13(8-6-12)21(22,23)24/h5-11,16,18,30H,2-4H2,1H3,(H,26,31)/t16-,18-/m1/s1. The smallest absolute Gasteiger partial charge is 0.391 e. The van der Waals surface area contributed by atoms with Crippen LogP contribution < -0.4 is 10.9 Å². The first-order valence-corrected chi connectivity index (χ1v) is 9.93. The van der Waals surface area contributed by atoms with Crippen LogP contribution in [-0.2, 0) is 13.2 Å². The van der Waals surface area contributed by atoms with Crippen LogP contribution in [0, 0.1) is 0 Å². The second kappa shape index (κ2) is 8.23. The first-order valence-electron chi connectivity index (χ1n) is 9.93. The normalized spacial score (nSPS) is 18.7. The van der Waals surface area contributed by atoms with Gasteiger partial charge in [0.2, 0.25) is 0 Å². The molecule has 1 aliphatic rings. The number of nitrogens with one attached hydrogen (secondary N) is 1. The van der Waals surface area contributed by atoms with Gasteiger partial charge in [0.05, 0.1) is 35.8 Å². The summed E-state index contributed by atoms with van der Waals surface area (Å²) >= 11 is 0. The molecule has 0 radical (unpaired) electrons. The third-order valence-corrected chi connectivity index (χ3v) is 5.40. The number of aliphatic hydroxyl groups is 1. The number of alkyl halides is 3. The van der Waals surface area contributed by atoms with Crippen molar-refractivity contribution in [3.05, 3.63) is 64.2 Å². The predicted molar refractivity (Wildman–Crippen MR) is 108 cm³/mol. The molecule has 0 saturated heterocycles. The molecule has 8 nitrogen and oxygen atoms in total. The Hall–Kier alpha value is -3.47. The molecule has 1 aliphatic carbocycles. The number of aromatic nitrogens is 4. The zero-order valence-corrected chi connectivity index (χ0v) is 17.0. The van der Waals surface area contributed by atoms with Gasteiger partial charge in [0.15, 0.2) is 0 Å². The van der Waals surface area contributed by atoms with E-state index in [1.165, 1.54) is 35.3 Å². The van der Waals surface area contributed by atoms with Crippen molar-refractivity contribution in [1.29, 1.82) is 0 Å².